The van der Waals surface area contributed by atoms with E-state index in [9.17, 15) is 13.2 Å². The highest BCUT2D eigenvalue weighted by Gasteiger charge is 2.32. The van der Waals surface area contributed by atoms with Crippen LogP contribution in [0.2, 0.25) is 0 Å². The van der Waals surface area contributed by atoms with Crippen LogP contribution in [0, 0.1) is 0 Å². The highest BCUT2D eigenvalue weighted by Crippen LogP contribution is 2.38. The number of aliphatic hydroxyl groups is 1. The maximum Gasteiger partial charge on any atom is 0.416 e. The van der Waals surface area contributed by atoms with Crippen LogP contribution >= 0.6 is 0 Å². The zero-order valence-electron chi connectivity index (χ0n) is 7.96. The standard InChI is InChI=1S/C11H11F3O/c12-11(13,14)9-3-1-7(2-4-9)8-5-10(15)6-8/h1-4,8,10,15H,5-6H2. The molecular weight excluding hydrogens is 205 g/mol. The molecule has 0 amide bonds. The molecule has 0 spiro atoms. The normalized spacial score (nSPS) is 26.1. The SMILES string of the molecule is OC1CC(c2ccc(C(F)(F)F)cc2)C1. The summed E-state index contributed by atoms with van der Waals surface area (Å²) in [5, 5.41) is 9.08. The number of benzene rings is 1. The molecular formula is C11H11F3O. The number of hydrogen-bond donors (Lipinski definition) is 1. The molecule has 0 aromatic heterocycles. The Labute approximate surface area is 85.5 Å². The highest BCUT2D eigenvalue weighted by molar-refractivity contribution is 5.28. The van der Waals surface area contributed by atoms with Crippen molar-refractivity contribution >= 4 is 0 Å². The number of aliphatic hydroxyl groups excluding tert-OH is 1. The van der Waals surface area contributed by atoms with Gasteiger partial charge >= 0.3 is 6.18 Å². The Hall–Kier alpha value is -1.03. The molecule has 1 fully saturated rings. The quantitative estimate of drug-likeness (QED) is 0.765. The molecule has 0 heterocycles. The second-order valence-corrected chi connectivity index (χ2v) is 3.94. The molecule has 1 saturated carbocycles. The summed E-state index contributed by atoms with van der Waals surface area (Å²) >= 11 is 0. The van der Waals surface area contributed by atoms with E-state index in [2.05, 4.69) is 0 Å². The molecule has 1 aliphatic carbocycles. The van der Waals surface area contributed by atoms with Crippen molar-refractivity contribution < 1.29 is 18.3 Å². The molecule has 0 aliphatic heterocycles. The van der Waals surface area contributed by atoms with Gasteiger partial charge in [0.15, 0.2) is 0 Å². The van der Waals surface area contributed by atoms with Crippen molar-refractivity contribution in [2.75, 3.05) is 0 Å². The van der Waals surface area contributed by atoms with Crippen molar-refractivity contribution in [3.05, 3.63) is 35.4 Å². The molecule has 0 atom stereocenters. The average Bonchev–Trinajstić information content (AvgIpc) is 2.12. The van der Waals surface area contributed by atoms with Gasteiger partial charge in [0.2, 0.25) is 0 Å². The summed E-state index contributed by atoms with van der Waals surface area (Å²) in [6.45, 7) is 0. The van der Waals surface area contributed by atoms with E-state index in [0.717, 1.165) is 17.7 Å². The summed E-state index contributed by atoms with van der Waals surface area (Å²) in [7, 11) is 0. The van der Waals surface area contributed by atoms with Crippen LogP contribution in [0.1, 0.15) is 29.9 Å². The van der Waals surface area contributed by atoms with Crippen molar-refractivity contribution in [1.82, 2.24) is 0 Å². The minimum atomic E-state index is -4.27. The summed E-state index contributed by atoms with van der Waals surface area (Å²) in [5.41, 5.74) is 0.263. The van der Waals surface area contributed by atoms with Gasteiger partial charge in [0.25, 0.3) is 0 Å². The number of halogens is 3. The van der Waals surface area contributed by atoms with Gasteiger partial charge in [-0.3, -0.25) is 0 Å². The van der Waals surface area contributed by atoms with Crippen molar-refractivity contribution in [1.29, 1.82) is 0 Å². The monoisotopic (exact) mass is 216 g/mol. The Kier molecular flexibility index (Phi) is 2.46. The van der Waals surface area contributed by atoms with Gasteiger partial charge in [-0.2, -0.15) is 13.2 Å². The van der Waals surface area contributed by atoms with E-state index in [1.165, 1.54) is 12.1 Å². The third-order valence-corrected chi connectivity index (χ3v) is 2.82. The number of alkyl halides is 3. The first-order chi connectivity index (χ1) is 6.97. The molecule has 15 heavy (non-hydrogen) atoms. The molecule has 0 saturated heterocycles. The lowest BCUT2D eigenvalue weighted by atomic mass is 9.77. The van der Waals surface area contributed by atoms with E-state index in [4.69, 9.17) is 5.11 Å². The van der Waals surface area contributed by atoms with E-state index in [0.29, 0.717) is 12.8 Å². The van der Waals surface area contributed by atoms with Gasteiger partial charge in [0.1, 0.15) is 0 Å². The molecule has 1 aromatic rings. The van der Waals surface area contributed by atoms with Crippen LogP contribution < -0.4 is 0 Å². The molecule has 1 N–H and O–H groups in total. The first kappa shape index (κ1) is 10.5. The fraction of sp³-hybridized carbons (Fsp3) is 0.455. The summed E-state index contributed by atoms with van der Waals surface area (Å²) in [6, 6.07) is 5.19. The third kappa shape index (κ3) is 2.15. The van der Waals surface area contributed by atoms with Crippen LogP contribution in [0.15, 0.2) is 24.3 Å². The van der Waals surface area contributed by atoms with Gasteiger partial charge in [-0.05, 0) is 36.5 Å². The zero-order chi connectivity index (χ0) is 11.1. The Balaban J connectivity index is 2.11. The summed E-state index contributed by atoms with van der Waals surface area (Å²) in [4.78, 5) is 0. The maximum absolute atomic E-state index is 12.2. The summed E-state index contributed by atoms with van der Waals surface area (Å²) < 4.78 is 36.7. The molecule has 2 rings (SSSR count). The Morgan fingerprint density at radius 1 is 1.07 bits per heavy atom. The van der Waals surface area contributed by atoms with Crippen LogP contribution in [0.3, 0.4) is 0 Å². The lowest BCUT2D eigenvalue weighted by Gasteiger charge is -2.31. The lowest BCUT2D eigenvalue weighted by Crippen LogP contribution is -2.26. The predicted octanol–water partition coefficient (Wildman–Crippen LogP) is 2.94. The third-order valence-electron chi connectivity index (χ3n) is 2.82. The van der Waals surface area contributed by atoms with Gasteiger partial charge in [-0.15, -0.1) is 0 Å². The van der Waals surface area contributed by atoms with Crippen molar-refractivity contribution in [3.8, 4) is 0 Å². The largest absolute Gasteiger partial charge is 0.416 e. The van der Waals surface area contributed by atoms with Gasteiger partial charge in [-0.1, -0.05) is 12.1 Å². The first-order valence-electron chi connectivity index (χ1n) is 4.82. The number of rotatable bonds is 1. The van der Waals surface area contributed by atoms with Crippen LogP contribution in [0.4, 0.5) is 13.2 Å². The van der Waals surface area contributed by atoms with E-state index >= 15 is 0 Å². The average molecular weight is 216 g/mol. The van der Waals surface area contributed by atoms with E-state index in [-0.39, 0.29) is 12.0 Å². The van der Waals surface area contributed by atoms with Gasteiger partial charge in [0, 0.05) is 0 Å². The van der Waals surface area contributed by atoms with Gasteiger partial charge < -0.3 is 5.11 Å². The van der Waals surface area contributed by atoms with Crippen LogP contribution in [-0.4, -0.2) is 11.2 Å². The van der Waals surface area contributed by atoms with E-state index < -0.39 is 11.7 Å². The van der Waals surface area contributed by atoms with Crippen molar-refractivity contribution in [2.45, 2.75) is 31.0 Å². The zero-order valence-corrected chi connectivity index (χ0v) is 7.96. The highest BCUT2D eigenvalue weighted by atomic mass is 19.4. The minimum absolute atomic E-state index is 0.224. The van der Waals surface area contributed by atoms with E-state index in [1.807, 2.05) is 0 Å². The lowest BCUT2D eigenvalue weighted by molar-refractivity contribution is -0.137. The molecule has 1 aromatic carbocycles. The topological polar surface area (TPSA) is 20.2 Å². The van der Waals surface area contributed by atoms with Crippen LogP contribution in [0.5, 0.6) is 0 Å². The Bertz CT molecular complexity index is 336. The molecule has 1 nitrogen and oxygen atoms in total. The maximum atomic E-state index is 12.2. The molecule has 0 radical (unpaired) electrons. The Morgan fingerprint density at radius 2 is 1.60 bits per heavy atom. The predicted molar refractivity (Wildman–Crippen MR) is 49.4 cm³/mol. The minimum Gasteiger partial charge on any atom is -0.393 e. The van der Waals surface area contributed by atoms with Crippen molar-refractivity contribution in [2.24, 2.45) is 0 Å². The first-order valence-corrected chi connectivity index (χ1v) is 4.82. The fourth-order valence-corrected chi connectivity index (χ4v) is 1.80. The molecule has 82 valence electrons. The Morgan fingerprint density at radius 3 is 2.00 bits per heavy atom. The number of hydrogen-bond acceptors (Lipinski definition) is 1. The van der Waals surface area contributed by atoms with Gasteiger partial charge in [0.05, 0.1) is 11.7 Å². The molecule has 0 bridgehead atoms. The van der Waals surface area contributed by atoms with Crippen molar-refractivity contribution in [3.63, 3.8) is 0 Å². The van der Waals surface area contributed by atoms with Crippen LogP contribution in [0.25, 0.3) is 0 Å². The second kappa shape index (κ2) is 3.52. The van der Waals surface area contributed by atoms with E-state index in [1.54, 1.807) is 0 Å². The van der Waals surface area contributed by atoms with Gasteiger partial charge in [-0.25, -0.2) is 0 Å². The molecule has 4 heteroatoms. The summed E-state index contributed by atoms with van der Waals surface area (Å²) in [5.74, 6) is 0.224. The summed E-state index contributed by atoms with van der Waals surface area (Å²) in [6.07, 6.45) is -3.23. The second-order valence-electron chi connectivity index (χ2n) is 3.94. The molecule has 0 unspecified atom stereocenters. The fourth-order valence-electron chi connectivity index (χ4n) is 1.80. The van der Waals surface area contributed by atoms with Crippen LogP contribution in [-0.2, 0) is 6.18 Å². The smallest absolute Gasteiger partial charge is 0.393 e. The molecule has 1 aliphatic rings.